The predicted octanol–water partition coefficient (Wildman–Crippen LogP) is -1.66. The molecule has 0 fully saturated rings. The number of hydrogen-bond acceptors (Lipinski definition) is 7. The SMILES string of the molecule is CSCCC(NC(=O)C(C)NC(=O)C(N)CCCN=C(N)N)C(=O)NC(C(=O)O)C(C)C. The Morgan fingerprint density at radius 3 is 2.09 bits per heavy atom. The van der Waals surface area contributed by atoms with Gasteiger partial charge in [0.1, 0.15) is 18.1 Å². The highest BCUT2D eigenvalue weighted by atomic mass is 32.2. The third kappa shape index (κ3) is 11.7. The number of carbonyl (C=O) groups excluding carboxylic acids is 3. The summed E-state index contributed by atoms with van der Waals surface area (Å²) >= 11 is 1.48. The van der Waals surface area contributed by atoms with E-state index in [-0.39, 0.29) is 11.9 Å². The summed E-state index contributed by atoms with van der Waals surface area (Å²) in [5, 5.41) is 16.9. The molecule has 0 bridgehead atoms. The third-order valence-electron chi connectivity index (χ3n) is 4.53. The molecule has 0 spiro atoms. The summed E-state index contributed by atoms with van der Waals surface area (Å²) < 4.78 is 0. The van der Waals surface area contributed by atoms with Crippen molar-refractivity contribution in [2.24, 2.45) is 28.1 Å². The lowest BCUT2D eigenvalue weighted by atomic mass is 10.0. The van der Waals surface area contributed by atoms with Crippen molar-refractivity contribution in [2.75, 3.05) is 18.6 Å². The first-order valence-corrected chi connectivity index (χ1v) is 11.7. The lowest BCUT2D eigenvalue weighted by Crippen LogP contribution is -2.57. The molecule has 4 unspecified atom stereocenters. The number of rotatable bonds is 15. The van der Waals surface area contributed by atoms with Crippen molar-refractivity contribution < 1.29 is 24.3 Å². The zero-order valence-corrected chi connectivity index (χ0v) is 19.9. The first-order valence-electron chi connectivity index (χ1n) is 10.3. The molecule has 0 rings (SSSR count). The summed E-state index contributed by atoms with van der Waals surface area (Å²) in [5.74, 6) is -2.66. The largest absolute Gasteiger partial charge is 0.480 e. The molecule has 3 amide bonds. The van der Waals surface area contributed by atoms with Crippen molar-refractivity contribution in [3.8, 4) is 0 Å². The number of aliphatic carboxylic acids is 1. The van der Waals surface area contributed by atoms with Gasteiger partial charge < -0.3 is 38.3 Å². The van der Waals surface area contributed by atoms with Gasteiger partial charge in [0.15, 0.2) is 5.96 Å². The van der Waals surface area contributed by atoms with Crippen LogP contribution in [0.1, 0.15) is 40.0 Å². The second-order valence-electron chi connectivity index (χ2n) is 7.70. The van der Waals surface area contributed by atoms with Crippen molar-refractivity contribution in [3.63, 3.8) is 0 Å². The molecule has 0 aromatic carbocycles. The Morgan fingerprint density at radius 1 is 0.969 bits per heavy atom. The van der Waals surface area contributed by atoms with E-state index in [1.54, 1.807) is 13.8 Å². The lowest BCUT2D eigenvalue weighted by molar-refractivity contribution is -0.143. The first-order chi connectivity index (χ1) is 14.9. The number of carbonyl (C=O) groups is 4. The van der Waals surface area contributed by atoms with Gasteiger partial charge in [0.05, 0.1) is 6.04 Å². The summed E-state index contributed by atoms with van der Waals surface area (Å²) in [4.78, 5) is 52.6. The fraction of sp³-hybridized carbons (Fsp3) is 0.737. The number of carboxylic acid groups (broad SMARTS) is 1. The topological polar surface area (TPSA) is 215 Å². The molecule has 10 N–H and O–H groups in total. The molecule has 0 saturated carbocycles. The Balaban J connectivity index is 4.91. The zero-order chi connectivity index (χ0) is 24.8. The minimum Gasteiger partial charge on any atom is -0.480 e. The maximum atomic E-state index is 12.6. The quantitative estimate of drug-likeness (QED) is 0.0817. The molecule has 32 heavy (non-hydrogen) atoms. The van der Waals surface area contributed by atoms with E-state index in [4.69, 9.17) is 17.2 Å². The van der Waals surface area contributed by atoms with Gasteiger partial charge in [-0.1, -0.05) is 13.8 Å². The van der Waals surface area contributed by atoms with Crippen molar-refractivity contribution in [1.29, 1.82) is 0 Å². The van der Waals surface area contributed by atoms with Gasteiger partial charge in [-0.05, 0) is 44.1 Å². The van der Waals surface area contributed by atoms with Crippen LogP contribution >= 0.6 is 11.8 Å². The highest BCUT2D eigenvalue weighted by Crippen LogP contribution is 2.06. The molecule has 184 valence electrons. The molecular formula is C19H37N7O5S. The van der Waals surface area contributed by atoms with Gasteiger partial charge in [0.2, 0.25) is 17.7 Å². The van der Waals surface area contributed by atoms with E-state index in [0.29, 0.717) is 31.6 Å². The van der Waals surface area contributed by atoms with Gasteiger partial charge in [0, 0.05) is 6.54 Å². The van der Waals surface area contributed by atoms with Crippen LogP contribution < -0.4 is 33.2 Å². The normalized spacial score (nSPS) is 14.6. The Hall–Kier alpha value is -2.54. The van der Waals surface area contributed by atoms with Gasteiger partial charge in [-0.3, -0.25) is 19.4 Å². The van der Waals surface area contributed by atoms with E-state index in [9.17, 15) is 24.3 Å². The number of nitrogens with zero attached hydrogens (tertiary/aromatic N) is 1. The zero-order valence-electron chi connectivity index (χ0n) is 19.1. The molecule has 0 heterocycles. The molecule has 12 nitrogen and oxygen atoms in total. The molecule has 0 saturated heterocycles. The van der Waals surface area contributed by atoms with Gasteiger partial charge in [-0.15, -0.1) is 0 Å². The van der Waals surface area contributed by atoms with Gasteiger partial charge >= 0.3 is 5.97 Å². The average molecular weight is 476 g/mol. The lowest BCUT2D eigenvalue weighted by Gasteiger charge is -2.24. The number of nitrogens with one attached hydrogen (secondary N) is 3. The Morgan fingerprint density at radius 2 is 1.59 bits per heavy atom. The Labute approximate surface area is 192 Å². The molecule has 0 radical (unpaired) electrons. The number of guanidine groups is 1. The van der Waals surface area contributed by atoms with Gasteiger partial charge in [0.25, 0.3) is 0 Å². The molecule has 0 aromatic rings. The number of carboxylic acids is 1. The minimum absolute atomic E-state index is 0.0450. The predicted molar refractivity (Wildman–Crippen MR) is 125 cm³/mol. The van der Waals surface area contributed by atoms with Crippen LogP contribution in [0, 0.1) is 5.92 Å². The van der Waals surface area contributed by atoms with Crippen LogP contribution in [0.4, 0.5) is 0 Å². The summed E-state index contributed by atoms with van der Waals surface area (Å²) in [6, 6.07) is -3.82. The third-order valence-corrected chi connectivity index (χ3v) is 5.17. The van der Waals surface area contributed by atoms with Crippen molar-refractivity contribution >= 4 is 41.4 Å². The van der Waals surface area contributed by atoms with E-state index in [2.05, 4.69) is 20.9 Å². The second kappa shape index (κ2) is 15.3. The molecule has 13 heteroatoms. The van der Waals surface area contributed by atoms with Crippen LogP contribution in [-0.2, 0) is 19.2 Å². The standard InChI is InChI=1S/C19H37N7O5S/c1-10(2)14(18(30)31)26-17(29)13(7-9-32-4)25-15(27)11(3)24-16(28)12(20)6-5-8-23-19(21)22/h10-14H,5-9,20H2,1-4H3,(H,24,28)(H,25,27)(H,26,29)(H,30,31)(H4,21,22,23). The maximum Gasteiger partial charge on any atom is 0.326 e. The number of aliphatic imine (C=N–C) groups is 1. The number of amides is 3. The maximum absolute atomic E-state index is 12.6. The molecule has 0 aliphatic rings. The number of nitrogens with two attached hydrogens (primary N) is 3. The summed E-state index contributed by atoms with van der Waals surface area (Å²) in [5.41, 5.74) is 16.3. The van der Waals surface area contributed by atoms with Crippen molar-refractivity contribution in [2.45, 2.75) is 64.2 Å². The van der Waals surface area contributed by atoms with Gasteiger partial charge in [-0.25, -0.2) is 4.79 Å². The van der Waals surface area contributed by atoms with Gasteiger partial charge in [-0.2, -0.15) is 11.8 Å². The van der Waals surface area contributed by atoms with Crippen LogP contribution in [0.5, 0.6) is 0 Å². The van der Waals surface area contributed by atoms with Crippen LogP contribution in [0.3, 0.4) is 0 Å². The number of hydrogen-bond donors (Lipinski definition) is 7. The van der Waals surface area contributed by atoms with E-state index < -0.39 is 47.9 Å². The van der Waals surface area contributed by atoms with Crippen LogP contribution in [-0.4, -0.2) is 77.5 Å². The second-order valence-corrected chi connectivity index (χ2v) is 8.68. The Bertz CT molecular complexity index is 670. The summed E-state index contributed by atoms with van der Waals surface area (Å²) in [6.07, 6.45) is 2.96. The van der Waals surface area contributed by atoms with Crippen LogP contribution in [0.2, 0.25) is 0 Å². The van der Waals surface area contributed by atoms with E-state index >= 15 is 0 Å². The Kier molecular flexibility index (Phi) is 14.1. The summed E-state index contributed by atoms with van der Waals surface area (Å²) in [7, 11) is 0. The smallest absolute Gasteiger partial charge is 0.326 e. The fourth-order valence-corrected chi connectivity index (χ4v) is 3.08. The van der Waals surface area contributed by atoms with E-state index in [1.165, 1.54) is 18.7 Å². The molecular weight excluding hydrogens is 438 g/mol. The average Bonchev–Trinajstić information content (AvgIpc) is 2.70. The summed E-state index contributed by atoms with van der Waals surface area (Å²) in [6.45, 7) is 5.15. The molecule has 4 atom stereocenters. The van der Waals surface area contributed by atoms with Crippen LogP contribution in [0.25, 0.3) is 0 Å². The van der Waals surface area contributed by atoms with Crippen molar-refractivity contribution in [3.05, 3.63) is 0 Å². The molecule has 0 aliphatic carbocycles. The van der Waals surface area contributed by atoms with E-state index in [0.717, 1.165) is 0 Å². The first kappa shape index (κ1) is 29.5. The number of thioether (sulfide) groups is 1. The monoisotopic (exact) mass is 475 g/mol. The molecule has 0 aromatic heterocycles. The highest BCUT2D eigenvalue weighted by molar-refractivity contribution is 7.98. The van der Waals surface area contributed by atoms with Crippen molar-refractivity contribution in [1.82, 2.24) is 16.0 Å². The highest BCUT2D eigenvalue weighted by Gasteiger charge is 2.29. The molecule has 0 aliphatic heterocycles. The van der Waals surface area contributed by atoms with E-state index in [1.807, 2.05) is 6.26 Å². The minimum atomic E-state index is -1.15. The fourth-order valence-electron chi connectivity index (χ4n) is 2.61. The van der Waals surface area contributed by atoms with Crippen LogP contribution in [0.15, 0.2) is 4.99 Å².